The summed E-state index contributed by atoms with van der Waals surface area (Å²) in [6.07, 6.45) is -0.164. The van der Waals surface area contributed by atoms with Crippen molar-refractivity contribution in [3.05, 3.63) is 108 Å². The summed E-state index contributed by atoms with van der Waals surface area (Å²) < 4.78 is 11.0. The minimum atomic E-state index is -1.00. The topological polar surface area (TPSA) is 52.6 Å². The van der Waals surface area contributed by atoms with Crippen LogP contribution in [0.5, 0.6) is 0 Å². The molecule has 0 unspecified atom stereocenters. The van der Waals surface area contributed by atoms with Gasteiger partial charge in [-0.1, -0.05) is 91.0 Å². The molecule has 4 heteroatoms. The van der Waals surface area contributed by atoms with Gasteiger partial charge in [-0.25, -0.2) is 0 Å². The standard InChI is InChI=1S/C25H22O4/c1-28-23(26)21-17-25(21,20-15-9-4-10-16-20)24(27)29-22(18-11-5-2-6-12-18)19-13-7-3-8-14-19/h2-16,21-22H,17H2,1H3/t21-,25+/m0/s1. The summed E-state index contributed by atoms with van der Waals surface area (Å²) in [5.41, 5.74) is 1.53. The van der Waals surface area contributed by atoms with Crippen molar-refractivity contribution < 1.29 is 19.1 Å². The maximum atomic E-state index is 13.5. The summed E-state index contributed by atoms with van der Waals surface area (Å²) >= 11 is 0. The lowest BCUT2D eigenvalue weighted by Gasteiger charge is -2.23. The molecular weight excluding hydrogens is 364 g/mol. The number of hydrogen-bond acceptors (Lipinski definition) is 4. The maximum Gasteiger partial charge on any atom is 0.318 e. The normalized spacial score (nSPS) is 20.1. The fourth-order valence-electron chi connectivity index (χ4n) is 3.88. The Balaban J connectivity index is 1.70. The average molecular weight is 386 g/mol. The lowest BCUT2D eigenvalue weighted by Crippen LogP contribution is -2.30. The molecule has 29 heavy (non-hydrogen) atoms. The van der Waals surface area contributed by atoms with E-state index >= 15 is 0 Å². The molecule has 0 aromatic heterocycles. The molecule has 0 N–H and O–H groups in total. The van der Waals surface area contributed by atoms with Crippen LogP contribution in [0.1, 0.15) is 29.2 Å². The Morgan fingerprint density at radius 1 is 0.828 bits per heavy atom. The van der Waals surface area contributed by atoms with E-state index < -0.39 is 23.4 Å². The van der Waals surface area contributed by atoms with Crippen LogP contribution in [0.25, 0.3) is 0 Å². The zero-order chi connectivity index (χ0) is 20.3. The van der Waals surface area contributed by atoms with Gasteiger partial charge < -0.3 is 9.47 Å². The molecule has 0 amide bonds. The van der Waals surface area contributed by atoms with Crippen molar-refractivity contribution in [1.82, 2.24) is 0 Å². The number of ether oxygens (including phenoxy) is 2. The zero-order valence-corrected chi connectivity index (χ0v) is 16.2. The molecule has 2 atom stereocenters. The second-order valence-corrected chi connectivity index (χ2v) is 7.22. The van der Waals surface area contributed by atoms with Crippen LogP contribution in [-0.2, 0) is 24.5 Å². The molecule has 3 aromatic rings. The van der Waals surface area contributed by atoms with Gasteiger partial charge >= 0.3 is 11.9 Å². The van der Waals surface area contributed by atoms with E-state index in [1.54, 1.807) is 0 Å². The first-order chi connectivity index (χ1) is 14.2. The van der Waals surface area contributed by atoms with Crippen molar-refractivity contribution in [2.24, 2.45) is 5.92 Å². The molecule has 0 aliphatic heterocycles. The third kappa shape index (κ3) is 3.54. The average Bonchev–Trinajstić information content (AvgIpc) is 3.56. The van der Waals surface area contributed by atoms with Gasteiger partial charge in [-0.15, -0.1) is 0 Å². The van der Waals surface area contributed by atoms with E-state index in [9.17, 15) is 9.59 Å². The van der Waals surface area contributed by atoms with E-state index in [1.165, 1.54) is 7.11 Å². The van der Waals surface area contributed by atoms with E-state index in [-0.39, 0.29) is 5.97 Å². The van der Waals surface area contributed by atoms with Crippen LogP contribution in [0.3, 0.4) is 0 Å². The number of benzene rings is 3. The molecule has 1 aliphatic carbocycles. The number of esters is 2. The second-order valence-electron chi connectivity index (χ2n) is 7.22. The number of rotatable bonds is 6. The fourth-order valence-corrected chi connectivity index (χ4v) is 3.88. The Kier molecular flexibility index (Phi) is 5.17. The summed E-state index contributed by atoms with van der Waals surface area (Å²) in [5, 5.41) is 0. The van der Waals surface area contributed by atoms with Gasteiger partial charge in [-0.05, 0) is 23.1 Å². The van der Waals surface area contributed by atoms with Crippen molar-refractivity contribution in [3.63, 3.8) is 0 Å². The highest BCUT2D eigenvalue weighted by atomic mass is 16.5. The van der Waals surface area contributed by atoms with Crippen LogP contribution in [0.2, 0.25) is 0 Å². The third-order valence-electron chi connectivity index (χ3n) is 5.53. The van der Waals surface area contributed by atoms with Crippen molar-refractivity contribution in [1.29, 1.82) is 0 Å². The monoisotopic (exact) mass is 386 g/mol. The highest BCUT2D eigenvalue weighted by Crippen LogP contribution is 2.56. The van der Waals surface area contributed by atoms with E-state index in [4.69, 9.17) is 9.47 Å². The predicted octanol–water partition coefficient (Wildman–Crippen LogP) is 4.45. The number of carbonyl (C=O) groups excluding carboxylic acids is 2. The third-order valence-corrected chi connectivity index (χ3v) is 5.53. The van der Waals surface area contributed by atoms with Crippen molar-refractivity contribution in [2.45, 2.75) is 17.9 Å². The van der Waals surface area contributed by atoms with Gasteiger partial charge in [0.2, 0.25) is 0 Å². The van der Waals surface area contributed by atoms with Crippen molar-refractivity contribution in [3.8, 4) is 0 Å². The first kappa shape index (κ1) is 18.9. The van der Waals surface area contributed by atoms with Gasteiger partial charge in [0.1, 0.15) is 5.41 Å². The van der Waals surface area contributed by atoms with Crippen LogP contribution in [-0.4, -0.2) is 19.0 Å². The Hall–Kier alpha value is -3.40. The molecule has 0 saturated heterocycles. The Labute approximate surface area is 170 Å². The minimum Gasteiger partial charge on any atom is -0.469 e. The summed E-state index contributed by atoms with van der Waals surface area (Å²) in [5.74, 6) is -1.33. The Bertz CT molecular complexity index is 946. The van der Waals surface area contributed by atoms with Gasteiger partial charge in [0.25, 0.3) is 0 Å². The highest BCUT2D eigenvalue weighted by Gasteiger charge is 2.66. The molecule has 3 aromatic carbocycles. The second kappa shape index (κ2) is 7.92. The number of methoxy groups -OCH3 is 1. The molecule has 4 rings (SSSR count). The maximum absolute atomic E-state index is 13.5. The van der Waals surface area contributed by atoms with Crippen molar-refractivity contribution >= 4 is 11.9 Å². The highest BCUT2D eigenvalue weighted by molar-refractivity contribution is 5.96. The van der Waals surface area contributed by atoms with Gasteiger partial charge in [-0.2, -0.15) is 0 Å². The molecule has 0 heterocycles. The largest absolute Gasteiger partial charge is 0.469 e. The predicted molar refractivity (Wildman–Crippen MR) is 109 cm³/mol. The van der Waals surface area contributed by atoms with Crippen LogP contribution < -0.4 is 0 Å². The molecule has 0 bridgehead atoms. The lowest BCUT2D eigenvalue weighted by molar-refractivity contribution is -0.154. The van der Waals surface area contributed by atoms with Crippen LogP contribution in [0, 0.1) is 5.92 Å². The Morgan fingerprint density at radius 3 is 1.79 bits per heavy atom. The van der Waals surface area contributed by atoms with E-state index in [2.05, 4.69) is 0 Å². The van der Waals surface area contributed by atoms with Crippen LogP contribution in [0.15, 0.2) is 91.0 Å². The van der Waals surface area contributed by atoms with Gasteiger partial charge in [0.15, 0.2) is 6.10 Å². The number of hydrogen-bond donors (Lipinski definition) is 0. The Morgan fingerprint density at radius 2 is 1.31 bits per heavy atom. The van der Waals surface area contributed by atoms with Gasteiger partial charge in [0.05, 0.1) is 13.0 Å². The zero-order valence-electron chi connectivity index (χ0n) is 16.2. The van der Waals surface area contributed by atoms with E-state index in [1.807, 2.05) is 91.0 Å². The first-order valence-corrected chi connectivity index (χ1v) is 9.61. The molecule has 1 saturated carbocycles. The molecule has 4 nitrogen and oxygen atoms in total. The SMILES string of the molecule is COC(=O)[C@@H]1C[C@@]1(C(=O)OC(c1ccccc1)c1ccccc1)c1ccccc1. The van der Waals surface area contributed by atoms with Gasteiger partial charge in [-0.3, -0.25) is 9.59 Å². The van der Waals surface area contributed by atoms with Gasteiger partial charge in [0, 0.05) is 0 Å². The quantitative estimate of drug-likeness (QED) is 0.588. The molecule has 0 radical (unpaired) electrons. The van der Waals surface area contributed by atoms with Crippen molar-refractivity contribution in [2.75, 3.05) is 7.11 Å². The smallest absolute Gasteiger partial charge is 0.318 e. The molecule has 1 fully saturated rings. The first-order valence-electron chi connectivity index (χ1n) is 9.61. The fraction of sp³-hybridized carbons (Fsp3) is 0.200. The summed E-state index contributed by atoms with van der Waals surface area (Å²) in [7, 11) is 1.35. The van der Waals surface area contributed by atoms with E-state index in [0.29, 0.717) is 6.42 Å². The molecule has 146 valence electrons. The van der Waals surface area contributed by atoms with Crippen LogP contribution >= 0.6 is 0 Å². The summed E-state index contributed by atoms with van der Waals surface area (Å²) in [6, 6.07) is 28.6. The molecule has 1 aliphatic rings. The van der Waals surface area contributed by atoms with Crippen LogP contribution in [0.4, 0.5) is 0 Å². The summed E-state index contributed by atoms with van der Waals surface area (Å²) in [4.78, 5) is 25.7. The number of carbonyl (C=O) groups is 2. The molecule has 0 spiro atoms. The minimum absolute atomic E-state index is 0.387. The summed E-state index contributed by atoms with van der Waals surface area (Å²) in [6.45, 7) is 0. The van der Waals surface area contributed by atoms with E-state index in [0.717, 1.165) is 16.7 Å². The molecular formula is C25H22O4. The lowest BCUT2D eigenvalue weighted by atomic mass is 9.92.